The highest BCUT2D eigenvalue weighted by atomic mass is 16.3. The number of hydrogen-bond acceptors (Lipinski definition) is 3. The number of phenolic OH excluding ortho intramolecular Hbond substituents is 1. The molecule has 1 aromatic carbocycles. The van der Waals surface area contributed by atoms with Crippen LogP contribution in [0.3, 0.4) is 0 Å². The molecule has 0 saturated heterocycles. The summed E-state index contributed by atoms with van der Waals surface area (Å²) in [5.41, 5.74) is 1.90. The second-order valence-electron chi connectivity index (χ2n) is 2.99. The highest BCUT2D eigenvalue weighted by molar-refractivity contribution is 5.37. The van der Waals surface area contributed by atoms with Crippen LogP contribution in [0.4, 0.5) is 0 Å². The van der Waals surface area contributed by atoms with Crippen LogP contribution < -0.4 is 5.32 Å². The third-order valence-electron chi connectivity index (χ3n) is 2.16. The van der Waals surface area contributed by atoms with E-state index < -0.39 is 6.23 Å². The Balaban J connectivity index is 2.47. The first-order valence-electron chi connectivity index (χ1n) is 4.00. The van der Waals surface area contributed by atoms with Crippen LogP contribution in [-0.4, -0.2) is 16.8 Å². The molecule has 0 saturated carbocycles. The molecule has 0 spiro atoms. The van der Waals surface area contributed by atoms with Gasteiger partial charge in [0.05, 0.1) is 0 Å². The first-order valence-corrected chi connectivity index (χ1v) is 4.00. The Morgan fingerprint density at radius 2 is 2.25 bits per heavy atom. The standard InChI is InChI=1S/C9H11NO2/c11-7-2-1-6-3-4-10-9(12)8(6)5-7/h1-2,5,9-12H,3-4H2. The maximum atomic E-state index is 9.46. The lowest BCUT2D eigenvalue weighted by atomic mass is 9.99. The van der Waals surface area contributed by atoms with Crippen molar-refractivity contribution in [1.29, 1.82) is 0 Å². The van der Waals surface area contributed by atoms with E-state index in [9.17, 15) is 5.11 Å². The summed E-state index contributed by atoms with van der Waals surface area (Å²) in [5, 5.41) is 21.5. The van der Waals surface area contributed by atoms with Gasteiger partial charge in [-0.1, -0.05) is 6.07 Å². The van der Waals surface area contributed by atoms with Gasteiger partial charge in [-0.3, -0.25) is 5.32 Å². The molecular formula is C9H11NO2. The molecule has 0 amide bonds. The minimum Gasteiger partial charge on any atom is -0.508 e. The predicted octanol–water partition coefficient (Wildman–Crippen LogP) is 0.529. The van der Waals surface area contributed by atoms with E-state index in [0.717, 1.165) is 24.1 Å². The van der Waals surface area contributed by atoms with Crippen molar-refractivity contribution in [2.45, 2.75) is 12.6 Å². The van der Waals surface area contributed by atoms with Crippen molar-refractivity contribution in [2.75, 3.05) is 6.54 Å². The maximum absolute atomic E-state index is 9.46. The summed E-state index contributed by atoms with van der Waals surface area (Å²) in [4.78, 5) is 0. The Morgan fingerprint density at radius 3 is 3.08 bits per heavy atom. The number of aliphatic hydroxyl groups excluding tert-OH is 1. The molecular weight excluding hydrogens is 154 g/mol. The highest BCUT2D eigenvalue weighted by Crippen LogP contribution is 2.24. The summed E-state index contributed by atoms with van der Waals surface area (Å²) in [5.74, 6) is 0.205. The van der Waals surface area contributed by atoms with Gasteiger partial charge in [0.15, 0.2) is 0 Å². The van der Waals surface area contributed by atoms with E-state index in [2.05, 4.69) is 5.32 Å². The van der Waals surface area contributed by atoms with Crippen LogP contribution in [0, 0.1) is 0 Å². The smallest absolute Gasteiger partial charge is 0.131 e. The molecule has 0 aliphatic carbocycles. The molecule has 1 aromatic rings. The summed E-state index contributed by atoms with van der Waals surface area (Å²) in [7, 11) is 0. The molecule has 64 valence electrons. The second-order valence-corrected chi connectivity index (χ2v) is 2.99. The molecule has 12 heavy (non-hydrogen) atoms. The monoisotopic (exact) mass is 165 g/mol. The number of rotatable bonds is 0. The maximum Gasteiger partial charge on any atom is 0.131 e. The number of benzene rings is 1. The zero-order valence-corrected chi connectivity index (χ0v) is 6.62. The number of phenols is 1. The molecule has 1 unspecified atom stereocenters. The molecule has 3 N–H and O–H groups in total. The molecule has 0 aromatic heterocycles. The molecule has 1 aliphatic heterocycles. The molecule has 0 fully saturated rings. The highest BCUT2D eigenvalue weighted by Gasteiger charge is 2.16. The molecule has 1 heterocycles. The number of hydrogen-bond donors (Lipinski definition) is 3. The largest absolute Gasteiger partial charge is 0.508 e. The first-order chi connectivity index (χ1) is 5.77. The number of fused-ring (bicyclic) bond motifs is 1. The zero-order valence-electron chi connectivity index (χ0n) is 6.62. The van der Waals surface area contributed by atoms with Crippen molar-refractivity contribution in [1.82, 2.24) is 5.32 Å². The minimum absolute atomic E-state index is 0.205. The Bertz CT molecular complexity index is 299. The minimum atomic E-state index is -0.624. The molecule has 3 nitrogen and oxygen atoms in total. The number of nitrogens with one attached hydrogen (secondary N) is 1. The summed E-state index contributed by atoms with van der Waals surface area (Å²) < 4.78 is 0. The number of aliphatic hydroxyl groups is 1. The molecule has 1 atom stereocenters. The Hall–Kier alpha value is -1.06. The average Bonchev–Trinajstić information content (AvgIpc) is 2.07. The van der Waals surface area contributed by atoms with Gasteiger partial charge in [0, 0.05) is 12.1 Å². The van der Waals surface area contributed by atoms with Gasteiger partial charge in [0.25, 0.3) is 0 Å². The van der Waals surface area contributed by atoms with E-state index in [1.807, 2.05) is 6.07 Å². The van der Waals surface area contributed by atoms with Crippen LogP contribution in [0.5, 0.6) is 5.75 Å². The van der Waals surface area contributed by atoms with Gasteiger partial charge in [-0.15, -0.1) is 0 Å². The topological polar surface area (TPSA) is 52.5 Å². The average molecular weight is 165 g/mol. The lowest BCUT2D eigenvalue weighted by molar-refractivity contribution is 0.132. The van der Waals surface area contributed by atoms with Gasteiger partial charge in [-0.2, -0.15) is 0 Å². The first kappa shape index (κ1) is 7.58. The summed E-state index contributed by atoms with van der Waals surface area (Å²) in [6.07, 6.45) is 0.285. The van der Waals surface area contributed by atoms with Gasteiger partial charge in [-0.05, 0) is 24.1 Å². The van der Waals surface area contributed by atoms with Crippen molar-refractivity contribution in [3.05, 3.63) is 29.3 Å². The van der Waals surface area contributed by atoms with Gasteiger partial charge in [0.1, 0.15) is 12.0 Å². The van der Waals surface area contributed by atoms with Gasteiger partial charge >= 0.3 is 0 Å². The summed E-state index contributed by atoms with van der Waals surface area (Å²) >= 11 is 0. The molecule has 0 bridgehead atoms. The third-order valence-corrected chi connectivity index (χ3v) is 2.16. The lowest BCUT2D eigenvalue weighted by Crippen LogP contribution is -2.29. The van der Waals surface area contributed by atoms with Gasteiger partial charge in [0.2, 0.25) is 0 Å². The second kappa shape index (κ2) is 2.77. The van der Waals surface area contributed by atoms with Crippen molar-refractivity contribution < 1.29 is 10.2 Å². The van der Waals surface area contributed by atoms with Gasteiger partial charge in [-0.25, -0.2) is 0 Å². The lowest BCUT2D eigenvalue weighted by Gasteiger charge is -2.22. The van der Waals surface area contributed by atoms with Crippen molar-refractivity contribution in [3.63, 3.8) is 0 Å². The van der Waals surface area contributed by atoms with E-state index >= 15 is 0 Å². The molecule has 1 aliphatic rings. The van der Waals surface area contributed by atoms with Crippen LogP contribution in [0.25, 0.3) is 0 Å². The molecule has 3 heteroatoms. The normalized spacial score (nSPS) is 21.9. The quantitative estimate of drug-likeness (QED) is 0.525. The SMILES string of the molecule is Oc1ccc2c(c1)C(O)NCC2. The molecule has 0 radical (unpaired) electrons. The fourth-order valence-corrected chi connectivity index (χ4v) is 1.52. The van der Waals surface area contributed by atoms with Crippen molar-refractivity contribution >= 4 is 0 Å². The van der Waals surface area contributed by atoms with Crippen LogP contribution in [0.15, 0.2) is 18.2 Å². The van der Waals surface area contributed by atoms with E-state index in [0.29, 0.717) is 0 Å². The fraction of sp³-hybridized carbons (Fsp3) is 0.333. The van der Waals surface area contributed by atoms with Crippen LogP contribution in [0.1, 0.15) is 17.4 Å². The summed E-state index contributed by atoms with van der Waals surface area (Å²) in [6.45, 7) is 0.791. The van der Waals surface area contributed by atoms with E-state index in [1.54, 1.807) is 12.1 Å². The Kier molecular flexibility index (Phi) is 1.75. The fourth-order valence-electron chi connectivity index (χ4n) is 1.52. The Labute approximate surface area is 70.7 Å². The predicted molar refractivity (Wildman–Crippen MR) is 44.8 cm³/mol. The van der Waals surface area contributed by atoms with E-state index in [4.69, 9.17) is 5.11 Å². The third kappa shape index (κ3) is 1.17. The van der Waals surface area contributed by atoms with Crippen molar-refractivity contribution in [2.24, 2.45) is 0 Å². The summed E-state index contributed by atoms with van der Waals surface area (Å²) in [6, 6.07) is 5.11. The van der Waals surface area contributed by atoms with Crippen LogP contribution in [-0.2, 0) is 6.42 Å². The van der Waals surface area contributed by atoms with Crippen LogP contribution >= 0.6 is 0 Å². The van der Waals surface area contributed by atoms with E-state index in [1.165, 1.54) is 0 Å². The number of aromatic hydroxyl groups is 1. The van der Waals surface area contributed by atoms with Crippen molar-refractivity contribution in [3.8, 4) is 5.75 Å². The zero-order chi connectivity index (χ0) is 8.55. The van der Waals surface area contributed by atoms with E-state index in [-0.39, 0.29) is 5.75 Å². The molecule has 2 rings (SSSR count). The van der Waals surface area contributed by atoms with Gasteiger partial charge < -0.3 is 10.2 Å². The van der Waals surface area contributed by atoms with Crippen LogP contribution in [0.2, 0.25) is 0 Å². The Morgan fingerprint density at radius 1 is 1.42 bits per heavy atom.